The van der Waals surface area contributed by atoms with Gasteiger partial charge in [0.1, 0.15) is 18.1 Å². The predicted molar refractivity (Wildman–Crippen MR) is 121 cm³/mol. The molecular weight excluding hydrogens is 450 g/mol. The fraction of sp³-hybridized carbons (Fsp3) is 0.391. The van der Waals surface area contributed by atoms with Crippen molar-refractivity contribution in [2.45, 2.75) is 13.0 Å². The average Bonchev–Trinajstić information content (AvgIpc) is 3.25. The summed E-state index contributed by atoms with van der Waals surface area (Å²) in [6.07, 6.45) is 0.646. The molecule has 0 atom stereocenters. The van der Waals surface area contributed by atoms with E-state index in [1.807, 2.05) is 11.0 Å². The molecule has 0 saturated carbocycles. The van der Waals surface area contributed by atoms with E-state index in [0.29, 0.717) is 66.2 Å². The fourth-order valence-corrected chi connectivity index (χ4v) is 3.90. The molecule has 2 aliphatic heterocycles. The molecule has 0 bridgehead atoms. The number of fused-ring (bicyclic) bond motifs is 2. The van der Waals surface area contributed by atoms with Crippen LogP contribution in [0.3, 0.4) is 0 Å². The maximum Gasteiger partial charge on any atom is 0.255 e. The first-order valence-corrected chi connectivity index (χ1v) is 11.1. The first-order chi connectivity index (χ1) is 16.0. The lowest BCUT2D eigenvalue weighted by Crippen LogP contribution is -2.40. The van der Waals surface area contributed by atoms with Crippen LogP contribution < -0.4 is 29.6 Å². The van der Waals surface area contributed by atoms with Crippen molar-refractivity contribution >= 4 is 23.4 Å². The molecule has 0 spiro atoms. The van der Waals surface area contributed by atoms with Crippen molar-refractivity contribution in [1.82, 2.24) is 15.5 Å². The number of halogens is 1. The zero-order valence-corrected chi connectivity index (χ0v) is 19.1. The highest BCUT2D eigenvalue weighted by Crippen LogP contribution is 2.37. The molecule has 176 valence electrons. The van der Waals surface area contributed by atoms with E-state index in [4.69, 9.17) is 30.5 Å². The highest BCUT2D eigenvalue weighted by atomic mass is 35.5. The number of nitrogens with one attached hydrogen (secondary N) is 2. The summed E-state index contributed by atoms with van der Waals surface area (Å²) in [7, 11) is 1.55. The van der Waals surface area contributed by atoms with Gasteiger partial charge in [-0.3, -0.25) is 14.5 Å². The van der Waals surface area contributed by atoms with Crippen LogP contribution in [0.2, 0.25) is 5.02 Å². The lowest BCUT2D eigenvalue weighted by molar-refractivity contribution is -0.122. The number of benzene rings is 2. The van der Waals surface area contributed by atoms with Gasteiger partial charge in [-0.05, 0) is 30.2 Å². The molecule has 9 nitrogen and oxygen atoms in total. The Morgan fingerprint density at radius 3 is 2.67 bits per heavy atom. The first kappa shape index (κ1) is 23.0. The van der Waals surface area contributed by atoms with Gasteiger partial charge in [0.15, 0.2) is 11.5 Å². The maximum atomic E-state index is 12.7. The van der Waals surface area contributed by atoms with Crippen LogP contribution in [0.5, 0.6) is 23.0 Å². The number of carbonyl (C=O) groups is 2. The topological polar surface area (TPSA) is 98.4 Å². The standard InChI is InChI=1S/C23H26ClN3O6/c1-30-16-3-4-17-19(10-16)31-8-6-25-22(28)13-27(7-2-5-26-23(17)29)12-15-9-20-21(11-18(15)24)33-14-32-20/h3-4,9-11H,2,5-8,12-14H2,1H3,(H,25,28)(H,26,29). The van der Waals surface area contributed by atoms with Crippen LogP contribution in [0.1, 0.15) is 22.3 Å². The smallest absolute Gasteiger partial charge is 0.255 e. The summed E-state index contributed by atoms with van der Waals surface area (Å²) >= 11 is 6.43. The van der Waals surface area contributed by atoms with E-state index in [1.54, 1.807) is 31.4 Å². The minimum atomic E-state index is -0.223. The Kier molecular flexibility index (Phi) is 7.41. The van der Waals surface area contributed by atoms with Gasteiger partial charge in [-0.15, -0.1) is 0 Å². The van der Waals surface area contributed by atoms with E-state index in [9.17, 15) is 9.59 Å². The average molecular weight is 476 g/mol. The molecule has 0 fully saturated rings. The number of ether oxygens (including phenoxy) is 4. The van der Waals surface area contributed by atoms with Crippen LogP contribution >= 0.6 is 11.6 Å². The van der Waals surface area contributed by atoms with Gasteiger partial charge < -0.3 is 29.6 Å². The normalized spacial score (nSPS) is 17.3. The Labute approximate surface area is 196 Å². The van der Waals surface area contributed by atoms with Gasteiger partial charge in [0.2, 0.25) is 12.7 Å². The van der Waals surface area contributed by atoms with Gasteiger partial charge in [-0.2, -0.15) is 0 Å². The Hall–Kier alpha value is -3.17. The van der Waals surface area contributed by atoms with Crippen LogP contribution in [0.15, 0.2) is 30.3 Å². The van der Waals surface area contributed by atoms with Gasteiger partial charge in [-0.25, -0.2) is 0 Å². The van der Waals surface area contributed by atoms with E-state index >= 15 is 0 Å². The fourth-order valence-electron chi connectivity index (χ4n) is 3.68. The summed E-state index contributed by atoms with van der Waals surface area (Å²) in [6.45, 7) is 2.35. The molecule has 2 amide bonds. The molecule has 2 aromatic rings. The molecule has 0 radical (unpaired) electrons. The summed E-state index contributed by atoms with van der Waals surface area (Å²) in [6, 6.07) is 8.62. The summed E-state index contributed by atoms with van der Waals surface area (Å²) in [5.74, 6) is 1.91. The second-order valence-electron chi connectivity index (χ2n) is 7.68. The molecule has 10 heteroatoms. The first-order valence-electron chi connectivity index (χ1n) is 10.7. The monoisotopic (exact) mass is 475 g/mol. The van der Waals surface area contributed by atoms with Crippen LogP contribution in [0.4, 0.5) is 0 Å². The van der Waals surface area contributed by atoms with Crippen LogP contribution in [-0.2, 0) is 11.3 Å². The minimum absolute atomic E-state index is 0.123. The molecule has 33 heavy (non-hydrogen) atoms. The number of amides is 2. The minimum Gasteiger partial charge on any atom is -0.497 e. The Bertz CT molecular complexity index is 1030. The van der Waals surface area contributed by atoms with E-state index in [-0.39, 0.29) is 31.8 Å². The molecular formula is C23H26ClN3O6. The second-order valence-corrected chi connectivity index (χ2v) is 8.08. The maximum absolute atomic E-state index is 12.7. The van der Waals surface area contributed by atoms with Crippen LogP contribution in [0.25, 0.3) is 0 Å². The largest absolute Gasteiger partial charge is 0.497 e. The Morgan fingerprint density at radius 2 is 1.85 bits per heavy atom. The highest BCUT2D eigenvalue weighted by molar-refractivity contribution is 6.31. The summed E-state index contributed by atoms with van der Waals surface area (Å²) in [4.78, 5) is 27.2. The third-order valence-corrected chi connectivity index (χ3v) is 5.71. The van der Waals surface area contributed by atoms with Crippen molar-refractivity contribution in [2.75, 3.05) is 46.7 Å². The van der Waals surface area contributed by atoms with E-state index in [2.05, 4.69) is 10.6 Å². The van der Waals surface area contributed by atoms with Crippen molar-refractivity contribution in [3.05, 3.63) is 46.5 Å². The zero-order chi connectivity index (χ0) is 23.2. The molecule has 0 saturated heterocycles. The van der Waals surface area contributed by atoms with Crippen molar-refractivity contribution < 1.29 is 28.5 Å². The van der Waals surface area contributed by atoms with Crippen molar-refractivity contribution in [2.24, 2.45) is 0 Å². The second kappa shape index (κ2) is 10.6. The summed E-state index contributed by atoms with van der Waals surface area (Å²) in [5, 5.41) is 6.33. The van der Waals surface area contributed by atoms with Crippen molar-refractivity contribution in [1.29, 1.82) is 0 Å². The van der Waals surface area contributed by atoms with Gasteiger partial charge >= 0.3 is 0 Å². The number of hydrogen-bond acceptors (Lipinski definition) is 7. The molecule has 2 aromatic carbocycles. The lowest BCUT2D eigenvalue weighted by Gasteiger charge is -2.23. The molecule has 2 aliphatic rings. The quantitative estimate of drug-likeness (QED) is 0.702. The SMILES string of the molecule is COc1ccc2c(c1)OCCNC(=O)CN(Cc1cc3c(cc1Cl)OCO3)CCCNC2=O. The number of methoxy groups -OCH3 is 1. The predicted octanol–water partition coefficient (Wildman–Crippen LogP) is 2.21. The number of rotatable bonds is 3. The zero-order valence-electron chi connectivity index (χ0n) is 18.3. The van der Waals surface area contributed by atoms with Gasteiger partial charge in [0, 0.05) is 36.8 Å². The summed E-state index contributed by atoms with van der Waals surface area (Å²) < 4.78 is 21.8. The van der Waals surface area contributed by atoms with E-state index < -0.39 is 0 Å². The Morgan fingerprint density at radius 1 is 1.03 bits per heavy atom. The summed E-state index contributed by atoms with van der Waals surface area (Å²) in [5.41, 5.74) is 1.26. The molecule has 0 aromatic heterocycles. The van der Waals surface area contributed by atoms with Crippen LogP contribution in [0, 0.1) is 0 Å². The third kappa shape index (κ3) is 5.80. The van der Waals surface area contributed by atoms with E-state index in [0.717, 1.165) is 5.56 Å². The number of nitrogens with zero attached hydrogens (tertiary/aromatic N) is 1. The van der Waals surface area contributed by atoms with Crippen LogP contribution in [-0.4, -0.2) is 63.4 Å². The molecule has 2 N–H and O–H groups in total. The molecule has 4 rings (SSSR count). The Balaban J connectivity index is 1.45. The lowest BCUT2D eigenvalue weighted by atomic mass is 10.1. The van der Waals surface area contributed by atoms with Gasteiger partial charge in [0.05, 0.1) is 25.8 Å². The van der Waals surface area contributed by atoms with Gasteiger partial charge in [0.25, 0.3) is 5.91 Å². The molecule has 0 unspecified atom stereocenters. The number of carbonyl (C=O) groups excluding carboxylic acids is 2. The van der Waals surface area contributed by atoms with Crippen molar-refractivity contribution in [3.8, 4) is 23.0 Å². The van der Waals surface area contributed by atoms with E-state index in [1.165, 1.54) is 0 Å². The van der Waals surface area contributed by atoms with Gasteiger partial charge in [-0.1, -0.05) is 11.6 Å². The number of hydrogen-bond donors (Lipinski definition) is 2. The molecule has 0 aliphatic carbocycles. The third-order valence-electron chi connectivity index (χ3n) is 5.35. The molecule has 2 heterocycles. The highest BCUT2D eigenvalue weighted by Gasteiger charge is 2.20. The van der Waals surface area contributed by atoms with Crippen molar-refractivity contribution in [3.63, 3.8) is 0 Å².